The zero-order chi connectivity index (χ0) is 17.1. The minimum Gasteiger partial charge on any atom is -0.366 e. The maximum atomic E-state index is 11.3. The number of fused-ring (bicyclic) bond motifs is 1. The number of carbonyl (C=O) groups is 1. The minimum atomic E-state index is -0.444. The Morgan fingerprint density at radius 3 is 2.79 bits per heavy atom. The molecular formula is C20H19N3O. The van der Waals surface area contributed by atoms with Gasteiger partial charge in [0.2, 0.25) is 5.91 Å². The van der Waals surface area contributed by atoms with Crippen LogP contribution in [-0.4, -0.2) is 15.5 Å². The van der Waals surface area contributed by atoms with E-state index < -0.39 is 5.91 Å². The van der Waals surface area contributed by atoms with Crippen LogP contribution in [0.3, 0.4) is 0 Å². The molecule has 0 saturated carbocycles. The van der Waals surface area contributed by atoms with Crippen molar-refractivity contribution in [3.8, 4) is 0 Å². The molecule has 0 aliphatic heterocycles. The van der Waals surface area contributed by atoms with Gasteiger partial charge >= 0.3 is 0 Å². The molecule has 0 aliphatic carbocycles. The molecule has 0 radical (unpaired) electrons. The summed E-state index contributed by atoms with van der Waals surface area (Å²) in [4.78, 5) is 15.7. The zero-order valence-corrected chi connectivity index (χ0v) is 13.6. The first-order valence-electron chi connectivity index (χ1n) is 7.74. The Morgan fingerprint density at radius 1 is 1.29 bits per heavy atom. The Balaban J connectivity index is 1.97. The molecule has 120 valence electrons. The third-order valence-corrected chi connectivity index (χ3v) is 4.03. The highest BCUT2D eigenvalue weighted by atomic mass is 16.1. The van der Waals surface area contributed by atoms with Gasteiger partial charge in [-0.2, -0.15) is 0 Å². The van der Waals surface area contributed by atoms with Gasteiger partial charge in [-0.25, -0.2) is 4.98 Å². The summed E-state index contributed by atoms with van der Waals surface area (Å²) in [5.41, 5.74) is 8.68. The van der Waals surface area contributed by atoms with Crippen LogP contribution in [-0.2, 0) is 6.54 Å². The molecular weight excluding hydrogens is 298 g/mol. The highest BCUT2D eigenvalue weighted by molar-refractivity contribution is 5.96. The van der Waals surface area contributed by atoms with Crippen molar-refractivity contribution in [1.29, 1.82) is 0 Å². The molecule has 2 N–H and O–H groups in total. The van der Waals surface area contributed by atoms with E-state index in [1.54, 1.807) is 18.5 Å². The molecule has 4 nitrogen and oxygen atoms in total. The molecule has 0 aliphatic rings. The van der Waals surface area contributed by atoms with Crippen LogP contribution < -0.4 is 16.2 Å². The fourth-order valence-corrected chi connectivity index (χ4v) is 2.63. The number of primary amides is 1. The summed E-state index contributed by atoms with van der Waals surface area (Å²) >= 11 is 0. The molecule has 0 fully saturated rings. The maximum absolute atomic E-state index is 11.3. The third kappa shape index (κ3) is 3.13. The first kappa shape index (κ1) is 15.7. The van der Waals surface area contributed by atoms with Gasteiger partial charge in [-0.15, -0.1) is 0 Å². The monoisotopic (exact) mass is 317 g/mol. The van der Waals surface area contributed by atoms with Gasteiger partial charge in [0.25, 0.3) is 0 Å². The summed E-state index contributed by atoms with van der Waals surface area (Å²) in [5.74, 6) is -0.444. The second-order valence-corrected chi connectivity index (χ2v) is 5.65. The minimum absolute atomic E-state index is 0.444. The fraction of sp³-hybridized carbons (Fsp3) is 0.100. The number of benzene rings is 2. The van der Waals surface area contributed by atoms with E-state index in [0.717, 1.165) is 27.0 Å². The van der Waals surface area contributed by atoms with Gasteiger partial charge in [0, 0.05) is 12.1 Å². The number of nitrogens with two attached hydrogens (primary N) is 1. The summed E-state index contributed by atoms with van der Waals surface area (Å²) in [7, 11) is 0. The number of carbonyl (C=O) groups excluding carboxylic acids is 1. The molecule has 3 aromatic rings. The summed E-state index contributed by atoms with van der Waals surface area (Å²) < 4.78 is 2.05. The predicted octanol–water partition coefficient (Wildman–Crippen LogP) is 1.97. The van der Waals surface area contributed by atoms with E-state index in [0.29, 0.717) is 12.1 Å². The molecule has 0 atom stereocenters. The van der Waals surface area contributed by atoms with Crippen LogP contribution in [0.15, 0.2) is 60.4 Å². The van der Waals surface area contributed by atoms with E-state index >= 15 is 0 Å². The molecule has 0 spiro atoms. The van der Waals surface area contributed by atoms with Gasteiger partial charge in [-0.05, 0) is 47.2 Å². The predicted molar refractivity (Wildman–Crippen MR) is 97.7 cm³/mol. The molecule has 1 aromatic heterocycles. The van der Waals surface area contributed by atoms with Crippen molar-refractivity contribution in [3.05, 3.63) is 76.4 Å². The summed E-state index contributed by atoms with van der Waals surface area (Å²) in [6.45, 7) is 6.77. The number of rotatable bonds is 4. The van der Waals surface area contributed by atoms with E-state index in [4.69, 9.17) is 5.73 Å². The van der Waals surface area contributed by atoms with Crippen molar-refractivity contribution in [1.82, 2.24) is 9.55 Å². The summed E-state index contributed by atoms with van der Waals surface area (Å²) in [6, 6.07) is 13.4. The van der Waals surface area contributed by atoms with Crippen molar-refractivity contribution in [2.75, 3.05) is 0 Å². The summed E-state index contributed by atoms with van der Waals surface area (Å²) in [5, 5.41) is 2.10. The van der Waals surface area contributed by atoms with Crippen LogP contribution >= 0.6 is 0 Å². The van der Waals surface area contributed by atoms with Gasteiger partial charge in [0.1, 0.15) is 0 Å². The molecule has 1 heterocycles. The van der Waals surface area contributed by atoms with Gasteiger partial charge < -0.3 is 10.3 Å². The molecule has 2 aromatic carbocycles. The molecule has 1 amide bonds. The SMILES string of the molecule is C=c1cccc/c1=C/C(=CC)Cn1cnc2cc(C(N)=O)ccc21. The maximum Gasteiger partial charge on any atom is 0.248 e. The van der Waals surface area contributed by atoms with Crippen molar-refractivity contribution in [2.45, 2.75) is 13.5 Å². The Labute approximate surface area is 140 Å². The third-order valence-electron chi connectivity index (χ3n) is 4.03. The fourth-order valence-electron chi connectivity index (χ4n) is 2.63. The molecule has 0 unspecified atom stereocenters. The largest absolute Gasteiger partial charge is 0.366 e. The van der Waals surface area contributed by atoms with Crippen molar-refractivity contribution in [2.24, 2.45) is 5.73 Å². The molecule has 4 heteroatoms. The van der Waals surface area contributed by atoms with E-state index in [2.05, 4.69) is 34.3 Å². The van der Waals surface area contributed by atoms with E-state index in [1.807, 2.05) is 31.2 Å². The van der Waals surface area contributed by atoms with Crippen molar-refractivity contribution in [3.63, 3.8) is 0 Å². The Hall–Kier alpha value is -3.14. The van der Waals surface area contributed by atoms with Gasteiger partial charge in [0.15, 0.2) is 0 Å². The topological polar surface area (TPSA) is 60.9 Å². The van der Waals surface area contributed by atoms with E-state index in [-0.39, 0.29) is 0 Å². The zero-order valence-electron chi connectivity index (χ0n) is 13.6. The number of hydrogen-bond donors (Lipinski definition) is 1. The van der Waals surface area contributed by atoms with Crippen LogP contribution in [0.1, 0.15) is 17.3 Å². The first-order chi connectivity index (χ1) is 11.6. The van der Waals surface area contributed by atoms with Crippen molar-refractivity contribution >= 4 is 29.6 Å². The van der Waals surface area contributed by atoms with Gasteiger partial charge in [-0.1, -0.05) is 36.9 Å². The van der Waals surface area contributed by atoms with Crippen molar-refractivity contribution < 1.29 is 4.79 Å². The quantitative estimate of drug-likeness (QED) is 0.800. The Kier molecular flexibility index (Phi) is 4.29. The lowest BCUT2D eigenvalue weighted by Gasteiger charge is -2.06. The number of allylic oxidation sites excluding steroid dienone is 2. The molecule has 0 bridgehead atoms. The normalized spacial score (nSPS) is 12.7. The van der Waals surface area contributed by atoms with Crippen LogP contribution in [0.25, 0.3) is 23.7 Å². The van der Waals surface area contributed by atoms with Crippen LogP contribution in [0.4, 0.5) is 0 Å². The van der Waals surface area contributed by atoms with Gasteiger partial charge in [-0.3, -0.25) is 4.79 Å². The summed E-state index contributed by atoms with van der Waals surface area (Å²) in [6.07, 6.45) is 5.99. The number of amides is 1. The Bertz CT molecular complexity index is 1040. The lowest BCUT2D eigenvalue weighted by molar-refractivity contribution is 0.100. The lowest BCUT2D eigenvalue weighted by atomic mass is 10.1. The average molecular weight is 317 g/mol. The highest BCUT2D eigenvalue weighted by Gasteiger charge is 2.07. The highest BCUT2D eigenvalue weighted by Crippen LogP contribution is 2.16. The lowest BCUT2D eigenvalue weighted by Crippen LogP contribution is -2.22. The second kappa shape index (κ2) is 6.54. The van der Waals surface area contributed by atoms with Crippen LogP contribution in [0, 0.1) is 0 Å². The van der Waals surface area contributed by atoms with Gasteiger partial charge in [0.05, 0.1) is 17.4 Å². The second-order valence-electron chi connectivity index (χ2n) is 5.65. The average Bonchev–Trinajstić information content (AvgIpc) is 2.98. The first-order valence-corrected chi connectivity index (χ1v) is 7.74. The van der Waals surface area contributed by atoms with Crippen LogP contribution in [0.2, 0.25) is 0 Å². The Morgan fingerprint density at radius 2 is 2.08 bits per heavy atom. The number of nitrogens with zero attached hydrogens (tertiary/aromatic N) is 2. The van der Waals surface area contributed by atoms with E-state index in [9.17, 15) is 4.79 Å². The molecule has 3 rings (SSSR count). The number of imidazole rings is 1. The smallest absolute Gasteiger partial charge is 0.248 e. The van der Waals surface area contributed by atoms with Crippen LogP contribution in [0.5, 0.6) is 0 Å². The standard InChI is InChI=1S/C20H19N3O/c1-3-15(10-16-7-5-4-6-14(16)2)12-23-13-22-18-11-17(20(21)24)8-9-19(18)23/h3-11,13H,2,12H2,1H3,(H2,21,24)/b15-3?,16-10-. The number of hydrogen-bond acceptors (Lipinski definition) is 2. The number of aromatic nitrogens is 2. The molecule has 24 heavy (non-hydrogen) atoms. The molecule has 0 saturated heterocycles. The van der Waals surface area contributed by atoms with E-state index in [1.165, 1.54) is 0 Å².